The maximum atomic E-state index is 10.7. The van der Waals surface area contributed by atoms with E-state index in [1.165, 1.54) is 6.92 Å². The van der Waals surface area contributed by atoms with Crippen LogP contribution in [0.4, 0.5) is 0 Å². The SMILES string of the molecule is Cn1cnnc1SCCCC(C)(N)C(=O)O. The lowest BCUT2D eigenvalue weighted by Gasteiger charge is -2.18. The predicted octanol–water partition coefficient (Wildman–Crippen LogP) is 0.489. The molecule has 1 heterocycles. The maximum Gasteiger partial charge on any atom is 0.323 e. The minimum absolute atomic E-state index is 0.452. The standard InChI is InChI=1S/C9H16N4O2S/c1-9(10,7(14)15)4-3-5-16-8-12-11-6-13(8)2/h6H,3-5,10H2,1-2H3,(H,14,15). The van der Waals surface area contributed by atoms with Gasteiger partial charge in [0.25, 0.3) is 0 Å². The van der Waals surface area contributed by atoms with E-state index in [0.717, 1.165) is 17.3 Å². The molecule has 1 unspecified atom stereocenters. The molecule has 0 aliphatic carbocycles. The van der Waals surface area contributed by atoms with Crippen molar-refractivity contribution in [3.05, 3.63) is 6.33 Å². The molecule has 0 bridgehead atoms. The van der Waals surface area contributed by atoms with Gasteiger partial charge in [-0.15, -0.1) is 10.2 Å². The van der Waals surface area contributed by atoms with Crippen molar-refractivity contribution in [1.29, 1.82) is 0 Å². The fraction of sp³-hybridized carbons (Fsp3) is 0.667. The monoisotopic (exact) mass is 244 g/mol. The molecule has 7 heteroatoms. The van der Waals surface area contributed by atoms with E-state index in [1.807, 2.05) is 11.6 Å². The van der Waals surface area contributed by atoms with Crippen LogP contribution in [0.3, 0.4) is 0 Å². The van der Waals surface area contributed by atoms with Crippen LogP contribution in [0.25, 0.3) is 0 Å². The van der Waals surface area contributed by atoms with Crippen LogP contribution in [0.5, 0.6) is 0 Å². The van der Waals surface area contributed by atoms with Crippen LogP contribution < -0.4 is 5.73 Å². The first-order valence-corrected chi connectivity index (χ1v) is 5.91. The first kappa shape index (κ1) is 13.0. The highest BCUT2D eigenvalue weighted by atomic mass is 32.2. The normalized spacial score (nSPS) is 14.7. The molecular formula is C9H16N4O2S. The highest BCUT2D eigenvalue weighted by Gasteiger charge is 2.26. The summed E-state index contributed by atoms with van der Waals surface area (Å²) in [7, 11) is 1.87. The van der Waals surface area contributed by atoms with Gasteiger partial charge in [0.05, 0.1) is 0 Å². The van der Waals surface area contributed by atoms with Crippen LogP contribution in [-0.2, 0) is 11.8 Å². The molecule has 0 saturated carbocycles. The number of nitrogens with two attached hydrogens (primary N) is 1. The van der Waals surface area contributed by atoms with Gasteiger partial charge in [-0.05, 0) is 19.8 Å². The van der Waals surface area contributed by atoms with E-state index in [4.69, 9.17) is 10.8 Å². The van der Waals surface area contributed by atoms with Gasteiger partial charge in [0.2, 0.25) is 0 Å². The molecule has 1 atom stereocenters. The van der Waals surface area contributed by atoms with Gasteiger partial charge in [0.1, 0.15) is 11.9 Å². The summed E-state index contributed by atoms with van der Waals surface area (Å²) in [5.74, 6) is -0.178. The number of hydrogen-bond acceptors (Lipinski definition) is 5. The Balaban J connectivity index is 2.27. The summed E-state index contributed by atoms with van der Waals surface area (Å²) < 4.78 is 1.82. The third-order valence-electron chi connectivity index (χ3n) is 2.23. The second-order valence-electron chi connectivity index (χ2n) is 3.90. The molecule has 0 amide bonds. The quantitative estimate of drug-likeness (QED) is 0.558. The fourth-order valence-corrected chi connectivity index (χ4v) is 1.94. The number of nitrogens with zero attached hydrogens (tertiary/aromatic N) is 3. The molecule has 6 nitrogen and oxygen atoms in total. The Morgan fingerprint density at radius 2 is 2.44 bits per heavy atom. The van der Waals surface area contributed by atoms with Crippen LogP contribution in [0, 0.1) is 0 Å². The van der Waals surface area contributed by atoms with Crippen molar-refractivity contribution in [3.63, 3.8) is 0 Å². The van der Waals surface area contributed by atoms with E-state index in [1.54, 1.807) is 18.1 Å². The van der Waals surface area contributed by atoms with Crippen molar-refractivity contribution >= 4 is 17.7 Å². The number of rotatable bonds is 6. The first-order valence-electron chi connectivity index (χ1n) is 4.92. The van der Waals surface area contributed by atoms with Crippen molar-refractivity contribution < 1.29 is 9.90 Å². The van der Waals surface area contributed by atoms with E-state index >= 15 is 0 Å². The van der Waals surface area contributed by atoms with Gasteiger partial charge >= 0.3 is 5.97 Å². The summed E-state index contributed by atoms with van der Waals surface area (Å²) in [6.45, 7) is 1.53. The van der Waals surface area contributed by atoms with Gasteiger partial charge in [0, 0.05) is 12.8 Å². The highest BCUT2D eigenvalue weighted by molar-refractivity contribution is 7.99. The molecular weight excluding hydrogens is 228 g/mol. The van der Waals surface area contributed by atoms with Crippen molar-refractivity contribution in [2.75, 3.05) is 5.75 Å². The summed E-state index contributed by atoms with van der Waals surface area (Å²) in [6, 6.07) is 0. The highest BCUT2D eigenvalue weighted by Crippen LogP contribution is 2.18. The second kappa shape index (κ2) is 5.31. The van der Waals surface area contributed by atoms with Gasteiger partial charge in [-0.25, -0.2) is 0 Å². The molecule has 1 aromatic rings. The lowest BCUT2D eigenvalue weighted by atomic mass is 9.98. The Bertz CT molecular complexity index is 364. The van der Waals surface area contributed by atoms with Crippen molar-refractivity contribution in [3.8, 4) is 0 Å². The summed E-state index contributed by atoms with van der Waals surface area (Å²) in [4.78, 5) is 10.7. The number of carboxylic acid groups (broad SMARTS) is 1. The van der Waals surface area contributed by atoms with E-state index < -0.39 is 11.5 Å². The number of aryl methyl sites for hydroxylation is 1. The average molecular weight is 244 g/mol. The second-order valence-corrected chi connectivity index (χ2v) is 4.96. The zero-order chi connectivity index (χ0) is 12.2. The summed E-state index contributed by atoms with van der Waals surface area (Å²) in [6.07, 6.45) is 2.82. The van der Waals surface area contributed by atoms with E-state index in [-0.39, 0.29) is 0 Å². The minimum atomic E-state index is -1.14. The lowest BCUT2D eigenvalue weighted by Crippen LogP contribution is -2.44. The number of aliphatic carboxylic acids is 1. The molecule has 0 saturated heterocycles. The van der Waals surface area contributed by atoms with Gasteiger partial charge < -0.3 is 15.4 Å². The third-order valence-corrected chi connectivity index (χ3v) is 3.35. The predicted molar refractivity (Wildman–Crippen MR) is 61.2 cm³/mol. The number of thioether (sulfide) groups is 1. The van der Waals surface area contributed by atoms with Crippen molar-refractivity contribution in [2.45, 2.75) is 30.5 Å². The van der Waals surface area contributed by atoms with E-state index in [2.05, 4.69) is 10.2 Å². The molecule has 1 rings (SSSR count). The van der Waals surface area contributed by atoms with Gasteiger partial charge in [0.15, 0.2) is 5.16 Å². The Kier molecular flexibility index (Phi) is 4.31. The fourth-order valence-electron chi connectivity index (χ4n) is 1.11. The molecule has 16 heavy (non-hydrogen) atoms. The number of aromatic nitrogens is 3. The van der Waals surface area contributed by atoms with Crippen molar-refractivity contribution in [1.82, 2.24) is 14.8 Å². The van der Waals surface area contributed by atoms with Crippen molar-refractivity contribution in [2.24, 2.45) is 12.8 Å². The molecule has 90 valence electrons. The largest absolute Gasteiger partial charge is 0.480 e. The third kappa shape index (κ3) is 3.49. The number of hydrogen-bond donors (Lipinski definition) is 2. The van der Waals surface area contributed by atoms with Crippen LogP contribution >= 0.6 is 11.8 Å². The first-order chi connectivity index (χ1) is 7.43. The topological polar surface area (TPSA) is 94.0 Å². The van der Waals surface area contributed by atoms with Gasteiger partial charge in [-0.3, -0.25) is 4.79 Å². The molecule has 0 fully saturated rings. The summed E-state index contributed by atoms with van der Waals surface area (Å²) >= 11 is 1.55. The van der Waals surface area contributed by atoms with Crippen LogP contribution in [0.15, 0.2) is 11.5 Å². The summed E-state index contributed by atoms with van der Waals surface area (Å²) in [5.41, 5.74) is 4.47. The zero-order valence-corrected chi connectivity index (χ0v) is 10.2. The molecule has 0 aliphatic rings. The summed E-state index contributed by atoms with van der Waals surface area (Å²) in [5, 5.41) is 17.3. The smallest absolute Gasteiger partial charge is 0.323 e. The van der Waals surface area contributed by atoms with Crippen LogP contribution in [-0.4, -0.2) is 37.1 Å². The molecule has 0 spiro atoms. The van der Waals surface area contributed by atoms with E-state index in [0.29, 0.717) is 6.42 Å². The lowest BCUT2D eigenvalue weighted by molar-refractivity contribution is -0.142. The Labute approximate surface area is 98.2 Å². The minimum Gasteiger partial charge on any atom is -0.480 e. The number of carbonyl (C=O) groups is 1. The molecule has 0 aromatic carbocycles. The Morgan fingerprint density at radius 1 is 1.75 bits per heavy atom. The Morgan fingerprint density at radius 3 is 2.94 bits per heavy atom. The zero-order valence-electron chi connectivity index (χ0n) is 9.38. The van der Waals surface area contributed by atoms with Gasteiger partial charge in [-0.1, -0.05) is 11.8 Å². The van der Waals surface area contributed by atoms with Crippen LogP contribution in [0.2, 0.25) is 0 Å². The molecule has 1 aromatic heterocycles. The molecule has 0 aliphatic heterocycles. The van der Waals surface area contributed by atoms with Gasteiger partial charge in [-0.2, -0.15) is 0 Å². The molecule has 0 radical (unpaired) electrons. The maximum absolute atomic E-state index is 10.7. The van der Waals surface area contributed by atoms with Crippen LogP contribution in [0.1, 0.15) is 19.8 Å². The van der Waals surface area contributed by atoms with E-state index in [9.17, 15) is 4.79 Å². The average Bonchev–Trinajstić information content (AvgIpc) is 2.59. The Hall–Kier alpha value is -1.08. The molecule has 3 N–H and O–H groups in total. The number of carboxylic acids is 1.